The van der Waals surface area contributed by atoms with E-state index in [4.69, 9.17) is 0 Å². The molecule has 2 aromatic heterocycles. The Morgan fingerprint density at radius 1 is 1.33 bits per heavy atom. The fraction of sp³-hybridized carbons (Fsp3) is 0.286. The van der Waals surface area contributed by atoms with Gasteiger partial charge in [-0.2, -0.15) is 11.3 Å². The highest BCUT2D eigenvalue weighted by Crippen LogP contribution is 2.29. The lowest BCUT2D eigenvalue weighted by atomic mass is 9.95. The molecule has 0 saturated carbocycles. The van der Waals surface area contributed by atoms with Crippen LogP contribution in [0.15, 0.2) is 35.3 Å². The quantitative estimate of drug-likeness (QED) is 0.892. The fourth-order valence-electron chi connectivity index (χ4n) is 1.47. The van der Waals surface area contributed by atoms with Gasteiger partial charge in [-0.25, -0.2) is 0 Å². The van der Waals surface area contributed by atoms with E-state index in [1.54, 1.807) is 23.7 Å². The maximum absolute atomic E-state index is 12.0. The van der Waals surface area contributed by atoms with Crippen molar-refractivity contribution >= 4 is 22.9 Å². The molecule has 1 N–H and O–H groups in total. The molecule has 0 fully saturated rings. The van der Waals surface area contributed by atoms with Gasteiger partial charge < -0.3 is 5.32 Å². The Morgan fingerprint density at radius 2 is 2.11 bits per heavy atom. The number of nitrogens with one attached hydrogen (secondary N) is 1. The number of rotatable bonds is 2. The molecule has 3 nitrogen and oxygen atoms in total. The molecule has 0 saturated heterocycles. The number of amides is 1. The van der Waals surface area contributed by atoms with Gasteiger partial charge in [0.1, 0.15) is 0 Å². The third-order valence-electron chi connectivity index (χ3n) is 2.58. The molecular weight excluding hydrogens is 244 g/mol. The van der Waals surface area contributed by atoms with E-state index in [2.05, 4.69) is 15.7 Å². The third kappa shape index (κ3) is 2.76. The summed E-state index contributed by atoms with van der Waals surface area (Å²) < 4.78 is 0. The maximum Gasteiger partial charge on any atom is 0.229 e. The van der Waals surface area contributed by atoms with E-state index in [0.29, 0.717) is 0 Å². The Labute approximate surface area is 111 Å². The van der Waals surface area contributed by atoms with Gasteiger partial charge in [0, 0.05) is 17.2 Å². The number of aromatic nitrogens is 1. The fourth-order valence-corrected chi connectivity index (χ4v) is 2.13. The van der Waals surface area contributed by atoms with Crippen LogP contribution in [0.25, 0.3) is 11.1 Å². The highest BCUT2D eigenvalue weighted by Gasteiger charge is 2.22. The van der Waals surface area contributed by atoms with Crippen molar-refractivity contribution in [2.45, 2.75) is 20.8 Å². The lowest BCUT2D eigenvalue weighted by Gasteiger charge is -2.18. The number of hydrogen-bond acceptors (Lipinski definition) is 3. The third-order valence-corrected chi connectivity index (χ3v) is 3.27. The van der Waals surface area contributed by atoms with Crippen molar-refractivity contribution in [3.05, 3.63) is 35.3 Å². The number of anilines is 1. The average molecular weight is 260 g/mol. The zero-order valence-corrected chi connectivity index (χ0v) is 11.5. The Kier molecular flexibility index (Phi) is 3.48. The van der Waals surface area contributed by atoms with Crippen LogP contribution in [-0.4, -0.2) is 10.9 Å². The molecule has 0 aliphatic carbocycles. The van der Waals surface area contributed by atoms with E-state index in [-0.39, 0.29) is 5.91 Å². The van der Waals surface area contributed by atoms with Crippen molar-refractivity contribution in [2.75, 3.05) is 5.32 Å². The summed E-state index contributed by atoms with van der Waals surface area (Å²) in [4.78, 5) is 16.1. The average Bonchev–Trinajstić information content (AvgIpc) is 2.82. The molecule has 18 heavy (non-hydrogen) atoms. The standard InChI is InChI=1S/C14H16N2OS/c1-14(2,3)13(17)16-12-8-15-6-4-11(12)10-5-7-18-9-10/h4-9H,1-3H3,(H,16,17). The summed E-state index contributed by atoms with van der Waals surface area (Å²) in [5.74, 6) is -0.00743. The first-order chi connectivity index (χ1) is 8.48. The SMILES string of the molecule is CC(C)(C)C(=O)Nc1cnccc1-c1ccsc1. The van der Waals surface area contributed by atoms with Crippen molar-refractivity contribution in [3.63, 3.8) is 0 Å². The summed E-state index contributed by atoms with van der Waals surface area (Å²) in [6.45, 7) is 5.68. The van der Waals surface area contributed by atoms with Gasteiger partial charge in [0.05, 0.1) is 11.9 Å². The molecule has 0 spiro atoms. The molecule has 4 heteroatoms. The molecule has 0 unspecified atom stereocenters. The first-order valence-electron chi connectivity index (χ1n) is 5.76. The Morgan fingerprint density at radius 3 is 2.72 bits per heavy atom. The van der Waals surface area contributed by atoms with Gasteiger partial charge in [-0.05, 0) is 28.5 Å². The topological polar surface area (TPSA) is 42.0 Å². The molecule has 94 valence electrons. The summed E-state index contributed by atoms with van der Waals surface area (Å²) in [5.41, 5.74) is 2.45. The second-order valence-corrected chi connectivity index (χ2v) is 5.92. The van der Waals surface area contributed by atoms with E-state index >= 15 is 0 Å². The predicted octanol–water partition coefficient (Wildman–Crippen LogP) is 3.79. The minimum Gasteiger partial charge on any atom is -0.324 e. The van der Waals surface area contributed by atoms with Crippen LogP contribution in [0.5, 0.6) is 0 Å². The summed E-state index contributed by atoms with van der Waals surface area (Å²) in [6, 6.07) is 3.95. The van der Waals surface area contributed by atoms with E-state index in [1.807, 2.05) is 38.3 Å². The Hall–Kier alpha value is -1.68. The molecule has 2 rings (SSSR count). The molecule has 0 aliphatic rings. The van der Waals surface area contributed by atoms with Gasteiger partial charge in [0.25, 0.3) is 0 Å². The number of pyridine rings is 1. The molecule has 0 bridgehead atoms. The second kappa shape index (κ2) is 4.90. The first kappa shape index (κ1) is 12.8. The molecule has 0 aromatic carbocycles. The highest BCUT2D eigenvalue weighted by atomic mass is 32.1. The highest BCUT2D eigenvalue weighted by molar-refractivity contribution is 7.08. The first-order valence-corrected chi connectivity index (χ1v) is 6.71. The Bertz CT molecular complexity index is 541. The number of thiophene rings is 1. The molecule has 0 aliphatic heterocycles. The molecule has 1 amide bonds. The second-order valence-electron chi connectivity index (χ2n) is 5.14. The van der Waals surface area contributed by atoms with Crippen LogP contribution < -0.4 is 5.32 Å². The van der Waals surface area contributed by atoms with Gasteiger partial charge in [-0.1, -0.05) is 20.8 Å². The molecule has 0 radical (unpaired) electrons. The Balaban J connectivity index is 2.32. The van der Waals surface area contributed by atoms with E-state index in [1.165, 1.54) is 0 Å². The van der Waals surface area contributed by atoms with Crippen LogP contribution in [0.4, 0.5) is 5.69 Å². The molecule has 2 aromatic rings. The smallest absolute Gasteiger partial charge is 0.229 e. The minimum atomic E-state index is -0.415. The molecule has 2 heterocycles. The molecule has 0 atom stereocenters. The number of carbonyl (C=O) groups excluding carboxylic acids is 1. The van der Waals surface area contributed by atoms with E-state index < -0.39 is 5.41 Å². The van der Waals surface area contributed by atoms with Crippen LogP contribution in [0.3, 0.4) is 0 Å². The lowest BCUT2D eigenvalue weighted by Crippen LogP contribution is -2.27. The zero-order valence-electron chi connectivity index (χ0n) is 10.7. The predicted molar refractivity (Wildman–Crippen MR) is 75.6 cm³/mol. The van der Waals surface area contributed by atoms with E-state index in [0.717, 1.165) is 16.8 Å². The maximum atomic E-state index is 12.0. The summed E-state index contributed by atoms with van der Waals surface area (Å²) in [7, 11) is 0. The summed E-state index contributed by atoms with van der Waals surface area (Å²) in [5, 5.41) is 7.02. The minimum absolute atomic E-state index is 0.00743. The van der Waals surface area contributed by atoms with Crippen molar-refractivity contribution < 1.29 is 4.79 Å². The zero-order chi connectivity index (χ0) is 13.2. The van der Waals surface area contributed by atoms with Crippen LogP contribution in [-0.2, 0) is 4.79 Å². The monoisotopic (exact) mass is 260 g/mol. The van der Waals surface area contributed by atoms with Crippen LogP contribution in [0.2, 0.25) is 0 Å². The number of hydrogen-bond donors (Lipinski definition) is 1. The normalized spacial score (nSPS) is 11.3. The lowest BCUT2D eigenvalue weighted by molar-refractivity contribution is -0.123. The molecular formula is C14H16N2OS. The summed E-state index contributed by atoms with van der Waals surface area (Å²) >= 11 is 1.63. The number of nitrogens with zero attached hydrogens (tertiary/aromatic N) is 1. The van der Waals surface area contributed by atoms with Gasteiger partial charge in [-0.3, -0.25) is 9.78 Å². The largest absolute Gasteiger partial charge is 0.324 e. The van der Waals surface area contributed by atoms with Gasteiger partial charge >= 0.3 is 0 Å². The van der Waals surface area contributed by atoms with E-state index in [9.17, 15) is 4.79 Å². The van der Waals surface area contributed by atoms with Crippen LogP contribution in [0.1, 0.15) is 20.8 Å². The van der Waals surface area contributed by atoms with Crippen LogP contribution in [0, 0.1) is 5.41 Å². The summed E-state index contributed by atoms with van der Waals surface area (Å²) in [6.07, 6.45) is 3.43. The van der Waals surface area contributed by atoms with Gasteiger partial charge in [0.15, 0.2) is 0 Å². The number of carbonyl (C=O) groups is 1. The van der Waals surface area contributed by atoms with Crippen molar-refractivity contribution in [1.29, 1.82) is 0 Å². The van der Waals surface area contributed by atoms with Gasteiger partial charge in [-0.15, -0.1) is 0 Å². The van der Waals surface area contributed by atoms with Crippen molar-refractivity contribution in [1.82, 2.24) is 4.98 Å². The van der Waals surface area contributed by atoms with Gasteiger partial charge in [0.2, 0.25) is 5.91 Å². The van der Waals surface area contributed by atoms with Crippen molar-refractivity contribution in [2.24, 2.45) is 5.41 Å². The van der Waals surface area contributed by atoms with Crippen LogP contribution >= 0.6 is 11.3 Å². The van der Waals surface area contributed by atoms with Crippen molar-refractivity contribution in [3.8, 4) is 11.1 Å².